The lowest BCUT2D eigenvalue weighted by molar-refractivity contribution is 0.133. The van der Waals surface area contributed by atoms with E-state index in [1.807, 2.05) is 17.8 Å². The van der Waals surface area contributed by atoms with Gasteiger partial charge >= 0.3 is 0 Å². The van der Waals surface area contributed by atoms with Gasteiger partial charge in [-0.3, -0.25) is 4.90 Å². The fourth-order valence-electron chi connectivity index (χ4n) is 1.57. The zero-order valence-corrected chi connectivity index (χ0v) is 12.3. The summed E-state index contributed by atoms with van der Waals surface area (Å²) in [6.45, 7) is 10.9. The molecule has 1 aromatic heterocycles. The molecule has 5 heteroatoms. The van der Waals surface area contributed by atoms with Gasteiger partial charge in [-0.2, -0.15) is 0 Å². The second kappa shape index (κ2) is 7.48. The van der Waals surface area contributed by atoms with E-state index in [1.54, 1.807) is 0 Å². The Bertz CT molecular complexity index is 337. The molecular weight excluding hydrogens is 228 g/mol. The molecule has 1 aromatic rings. The quantitative estimate of drug-likeness (QED) is 0.666. The number of rotatable bonds is 8. The Labute approximate surface area is 110 Å². The highest BCUT2D eigenvalue weighted by atomic mass is 16.5. The predicted molar refractivity (Wildman–Crippen MR) is 72.4 cm³/mol. The van der Waals surface area contributed by atoms with Crippen LogP contribution >= 0.6 is 0 Å². The molecule has 0 saturated carbocycles. The van der Waals surface area contributed by atoms with E-state index in [2.05, 4.69) is 43.0 Å². The highest BCUT2D eigenvalue weighted by Crippen LogP contribution is 2.10. The zero-order chi connectivity index (χ0) is 13.5. The molecule has 1 unspecified atom stereocenters. The topological polar surface area (TPSA) is 43.2 Å². The summed E-state index contributed by atoms with van der Waals surface area (Å²) < 4.78 is 7.29. The second-order valence-corrected chi connectivity index (χ2v) is 5.03. The molecule has 0 fully saturated rings. The molecule has 0 aliphatic carbocycles. The van der Waals surface area contributed by atoms with Gasteiger partial charge in [0.15, 0.2) is 0 Å². The molecule has 5 nitrogen and oxygen atoms in total. The molecule has 0 radical (unpaired) electrons. The van der Waals surface area contributed by atoms with Crippen molar-refractivity contribution >= 4 is 0 Å². The van der Waals surface area contributed by atoms with E-state index < -0.39 is 0 Å². The highest BCUT2D eigenvalue weighted by Gasteiger charge is 2.10. The lowest BCUT2D eigenvalue weighted by atomic mass is 10.2. The Hall–Kier alpha value is -0.940. The maximum absolute atomic E-state index is 5.36. The van der Waals surface area contributed by atoms with Gasteiger partial charge in [0.2, 0.25) is 0 Å². The molecule has 0 aliphatic heterocycles. The summed E-state index contributed by atoms with van der Waals surface area (Å²) in [7, 11) is 2.10. The Kier molecular flexibility index (Phi) is 6.29. The largest absolute Gasteiger partial charge is 0.382 e. The first-order chi connectivity index (χ1) is 8.54. The second-order valence-electron chi connectivity index (χ2n) is 5.03. The number of ether oxygens (including phenoxy) is 1. The Balaban J connectivity index is 2.46. The summed E-state index contributed by atoms with van der Waals surface area (Å²) in [4.78, 5) is 2.25. The van der Waals surface area contributed by atoms with Gasteiger partial charge in [-0.1, -0.05) is 5.21 Å². The SMILES string of the molecule is CCOCCC(C)n1cc(CN(C)C(C)C)nn1. The average molecular weight is 254 g/mol. The Morgan fingerprint density at radius 1 is 1.39 bits per heavy atom. The van der Waals surface area contributed by atoms with Crippen molar-refractivity contribution in [3.63, 3.8) is 0 Å². The lowest BCUT2D eigenvalue weighted by Crippen LogP contribution is -2.25. The van der Waals surface area contributed by atoms with Crippen LogP contribution in [0.3, 0.4) is 0 Å². The van der Waals surface area contributed by atoms with Crippen molar-refractivity contribution in [2.24, 2.45) is 0 Å². The average Bonchev–Trinajstić information content (AvgIpc) is 2.77. The van der Waals surface area contributed by atoms with E-state index in [1.165, 1.54) is 0 Å². The third kappa shape index (κ3) is 4.74. The molecule has 1 rings (SSSR count). The van der Waals surface area contributed by atoms with Crippen molar-refractivity contribution in [1.29, 1.82) is 0 Å². The van der Waals surface area contributed by atoms with Crippen LogP contribution in [0.15, 0.2) is 6.20 Å². The van der Waals surface area contributed by atoms with Crippen LogP contribution in [-0.2, 0) is 11.3 Å². The first-order valence-electron chi connectivity index (χ1n) is 6.73. The van der Waals surface area contributed by atoms with Crippen molar-refractivity contribution < 1.29 is 4.74 Å². The van der Waals surface area contributed by atoms with E-state index in [0.29, 0.717) is 12.1 Å². The van der Waals surface area contributed by atoms with Gasteiger partial charge in [-0.15, -0.1) is 5.10 Å². The molecule has 18 heavy (non-hydrogen) atoms. The minimum absolute atomic E-state index is 0.335. The van der Waals surface area contributed by atoms with Crippen LogP contribution in [0.1, 0.15) is 45.9 Å². The van der Waals surface area contributed by atoms with Crippen LogP contribution in [0, 0.1) is 0 Å². The van der Waals surface area contributed by atoms with Crippen LogP contribution in [0.4, 0.5) is 0 Å². The van der Waals surface area contributed by atoms with Gasteiger partial charge in [0, 0.05) is 25.8 Å². The first kappa shape index (κ1) is 15.1. The van der Waals surface area contributed by atoms with Crippen LogP contribution < -0.4 is 0 Å². The third-order valence-corrected chi connectivity index (χ3v) is 3.19. The first-order valence-corrected chi connectivity index (χ1v) is 6.73. The fraction of sp³-hybridized carbons (Fsp3) is 0.846. The summed E-state index contributed by atoms with van der Waals surface area (Å²) in [5.74, 6) is 0. The standard InChI is InChI=1S/C13H26N4O/c1-6-18-8-7-12(4)17-10-13(14-15-17)9-16(5)11(2)3/h10-12H,6-9H2,1-5H3. The van der Waals surface area contributed by atoms with Gasteiger partial charge in [-0.25, -0.2) is 4.68 Å². The summed E-state index contributed by atoms with van der Waals surface area (Å²) in [5, 5.41) is 8.41. The van der Waals surface area contributed by atoms with Gasteiger partial charge in [0.1, 0.15) is 0 Å². The van der Waals surface area contributed by atoms with Gasteiger partial charge in [0.05, 0.1) is 17.9 Å². The van der Waals surface area contributed by atoms with Crippen molar-refractivity contribution in [3.8, 4) is 0 Å². The van der Waals surface area contributed by atoms with Gasteiger partial charge in [0.25, 0.3) is 0 Å². The molecule has 0 spiro atoms. The maximum atomic E-state index is 5.36. The minimum Gasteiger partial charge on any atom is -0.382 e. The lowest BCUT2D eigenvalue weighted by Gasteiger charge is -2.19. The number of aromatic nitrogens is 3. The summed E-state index contributed by atoms with van der Waals surface area (Å²) in [6, 6.07) is 0.854. The molecular formula is C13H26N4O. The van der Waals surface area contributed by atoms with Crippen molar-refractivity contribution in [3.05, 3.63) is 11.9 Å². The molecule has 0 saturated heterocycles. The van der Waals surface area contributed by atoms with Gasteiger partial charge < -0.3 is 4.74 Å². The molecule has 0 amide bonds. The van der Waals surface area contributed by atoms with Gasteiger partial charge in [-0.05, 0) is 41.2 Å². The Morgan fingerprint density at radius 3 is 2.72 bits per heavy atom. The summed E-state index contributed by atoms with van der Waals surface area (Å²) >= 11 is 0. The van der Waals surface area contributed by atoms with Crippen molar-refractivity contribution in [2.75, 3.05) is 20.3 Å². The molecule has 0 aliphatic rings. The predicted octanol–water partition coefficient (Wildman–Crippen LogP) is 2.11. The molecule has 0 aromatic carbocycles. The monoisotopic (exact) mass is 254 g/mol. The number of hydrogen-bond acceptors (Lipinski definition) is 4. The minimum atomic E-state index is 0.335. The molecule has 1 atom stereocenters. The van der Waals surface area contributed by atoms with E-state index in [-0.39, 0.29) is 0 Å². The van der Waals surface area contributed by atoms with Crippen molar-refractivity contribution in [1.82, 2.24) is 19.9 Å². The maximum Gasteiger partial charge on any atom is 0.0967 e. The fourth-order valence-corrected chi connectivity index (χ4v) is 1.57. The van der Waals surface area contributed by atoms with E-state index in [0.717, 1.165) is 31.9 Å². The normalized spacial score (nSPS) is 13.5. The summed E-state index contributed by atoms with van der Waals surface area (Å²) in [6.07, 6.45) is 3.01. The van der Waals surface area contributed by atoms with Crippen molar-refractivity contribution in [2.45, 2.75) is 52.7 Å². The van der Waals surface area contributed by atoms with Crippen LogP contribution in [0.2, 0.25) is 0 Å². The zero-order valence-electron chi connectivity index (χ0n) is 12.3. The van der Waals surface area contributed by atoms with E-state index in [4.69, 9.17) is 4.74 Å². The van der Waals surface area contributed by atoms with Crippen LogP contribution in [-0.4, -0.2) is 46.2 Å². The van der Waals surface area contributed by atoms with Crippen LogP contribution in [0.5, 0.6) is 0 Å². The molecule has 104 valence electrons. The Morgan fingerprint density at radius 2 is 2.11 bits per heavy atom. The number of nitrogens with zero attached hydrogens (tertiary/aromatic N) is 4. The van der Waals surface area contributed by atoms with E-state index in [9.17, 15) is 0 Å². The molecule has 1 heterocycles. The highest BCUT2D eigenvalue weighted by molar-refractivity contribution is 4.93. The smallest absolute Gasteiger partial charge is 0.0967 e. The number of hydrogen-bond donors (Lipinski definition) is 0. The van der Waals surface area contributed by atoms with E-state index >= 15 is 0 Å². The van der Waals surface area contributed by atoms with Crippen LogP contribution in [0.25, 0.3) is 0 Å². The molecule has 0 bridgehead atoms. The third-order valence-electron chi connectivity index (χ3n) is 3.19. The summed E-state index contributed by atoms with van der Waals surface area (Å²) in [5.41, 5.74) is 1.02. The molecule has 0 N–H and O–H groups in total.